The van der Waals surface area contributed by atoms with Crippen molar-refractivity contribution in [3.05, 3.63) is 99.9 Å². The first-order valence-corrected chi connectivity index (χ1v) is 8.93. The Hall–Kier alpha value is -3.33. The van der Waals surface area contributed by atoms with Gasteiger partial charge < -0.3 is 9.15 Å². The fraction of sp³-hybridized carbons (Fsp3) is 0.125. The predicted octanol–water partition coefficient (Wildman–Crippen LogP) is 5.66. The summed E-state index contributed by atoms with van der Waals surface area (Å²) in [5.41, 5.74) is 5.20. The van der Waals surface area contributed by atoms with E-state index < -0.39 is 0 Å². The van der Waals surface area contributed by atoms with Crippen molar-refractivity contribution in [2.24, 2.45) is 0 Å². The third kappa shape index (κ3) is 3.49. The first kappa shape index (κ1) is 17.1. The Morgan fingerprint density at radius 2 is 1.70 bits per heavy atom. The average molecular weight is 356 g/mol. The minimum absolute atomic E-state index is 0.361. The Bertz CT molecular complexity index is 1160. The van der Waals surface area contributed by atoms with E-state index in [0.29, 0.717) is 12.2 Å². The molecular weight excluding hydrogens is 336 g/mol. The van der Waals surface area contributed by atoms with Gasteiger partial charge in [0.1, 0.15) is 17.9 Å². The van der Waals surface area contributed by atoms with E-state index >= 15 is 0 Å². The van der Waals surface area contributed by atoms with Crippen molar-refractivity contribution < 1.29 is 9.15 Å². The van der Waals surface area contributed by atoms with Crippen molar-refractivity contribution in [1.29, 1.82) is 0 Å². The molecule has 0 bridgehead atoms. The standard InChI is InChI=1S/C24H20O3/c1-16-7-6-8-18(13-16)15-26-22-12-11-20-21(19-9-4-3-5-10-19)14-23(25)27-24(20)17(22)2/h3-14H,15H2,1-2H3. The van der Waals surface area contributed by atoms with Gasteiger partial charge in [-0.05, 0) is 42.7 Å². The summed E-state index contributed by atoms with van der Waals surface area (Å²) in [7, 11) is 0. The van der Waals surface area contributed by atoms with Gasteiger partial charge in [0.2, 0.25) is 0 Å². The van der Waals surface area contributed by atoms with Gasteiger partial charge in [-0.25, -0.2) is 4.79 Å². The van der Waals surface area contributed by atoms with E-state index in [9.17, 15) is 4.79 Å². The van der Waals surface area contributed by atoms with Crippen LogP contribution in [0.25, 0.3) is 22.1 Å². The Labute approximate surface area is 157 Å². The second-order valence-corrected chi connectivity index (χ2v) is 6.69. The van der Waals surface area contributed by atoms with Crippen LogP contribution in [-0.2, 0) is 6.61 Å². The lowest BCUT2D eigenvalue weighted by molar-refractivity contribution is 0.304. The maximum Gasteiger partial charge on any atom is 0.336 e. The molecule has 0 aliphatic heterocycles. The lowest BCUT2D eigenvalue weighted by Crippen LogP contribution is -2.02. The predicted molar refractivity (Wildman–Crippen MR) is 108 cm³/mol. The molecule has 0 saturated heterocycles. The van der Waals surface area contributed by atoms with E-state index in [-0.39, 0.29) is 5.63 Å². The first-order valence-electron chi connectivity index (χ1n) is 8.93. The Morgan fingerprint density at radius 1 is 0.889 bits per heavy atom. The molecular formula is C24H20O3. The average Bonchev–Trinajstić information content (AvgIpc) is 2.68. The van der Waals surface area contributed by atoms with Crippen LogP contribution in [0.2, 0.25) is 0 Å². The normalized spacial score (nSPS) is 10.9. The van der Waals surface area contributed by atoms with Crippen LogP contribution in [0.1, 0.15) is 16.7 Å². The van der Waals surface area contributed by atoms with Gasteiger partial charge in [0, 0.05) is 17.0 Å². The summed E-state index contributed by atoms with van der Waals surface area (Å²) in [5, 5.41) is 0.904. The van der Waals surface area contributed by atoms with Gasteiger partial charge in [-0.3, -0.25) is 0 Å². The van der Waals surface area contributed by atoms with Crippen molar-refractivity contribution in [2.75, 3.05) is 0 Å². The van der Waals surface area contributed by atoms with E-state index in [0.717, 1.165) is 33.4 Å². The quantitative estimate of drug-likeness (QED) is 0.443. The molecule has 0 spiro atoms. The molecule has 1 aromatic heterocycles. The number of benzene rings is 3. The molecule has 0 aliphatic rings. The summed E-state index contributed by atoms with van der Waals surface area (Å²) in [6.45, 7) is 4.45. The van der Waals surface area contributed by atoms with E-state index in [4.69, 9.17) is 9.15 Å². The number of hydrogen-bond donors (Lipinski definition) is 0. The molecule has 27 heavy (non-hydrogen) atoms. The SMILES string of the molecule is Cc1cccc(COc2ccc3c(-c4ccccc4)cc(=O)oc3c2C)c1. The molecule has 3 nitrogen and oxygen atoms in total. The zero-order valence-corrected chi connectivity index (χ0v) is 15.4. The van der Waals surface area contributed by atoms with Crippen LogP contribution in [0, 0.1) is 13.8 Å². The van der Waals surface area contributed by atoms with Gasteiger partial charge in [0.05, 0.1) is 0 Å². The number of aryl methyl sites for hydroxylation is 2. The highest BCUT2D eigenvalue weighted by atomic mass is 16.5. The molecule has 4 aromatic rings. The highest BCUT2D eigenvalue weighted by molar-refractivity contribution is 5.95. The summed E-state index contributed by atoms with van der Waals surface area (Å²) in [6.07, 6.45) is 0. The van der Waals surface area contributed by atoms with E-state index in [1.807, 2.05) is 61.5 Å². The zero-order valence-electron chi connectivity index (χ0n) is 15.4. The van der Waals surface area contributed by atoms with Gasteiger partial charge in [0.25, 0.3) is 0 Å². The molecule has 0 fully saturated rings. The van der Waals surface area contributed by atoms with E-state index in [1.54, 1.807) is 6.07 Å². The van der Waals surface area contributed by atoms with Gasteiger partial charge in [-0.2, -0.15) is 0 Å². The molecule has 1 heterocycles. The molecule has 0 radical (unpaired) electrons. The van der Waals surface area contributed by atoms with Crippen molar-refractivity contribution in [1.82, 2.24) is 0 Å². The second kappa shape index (κ2) is 7.12. The fourth-order valence-electron chi connectivity index (χ4n) is 3.32. The maximum atomic E-state index is 12.2. The van der Waals surface area contributed by atoms with Gasteiger partial charge in [-0.15, -0.1) is 0 Å². The van der Waals surface area contributed by atoms with Gasteiger partial charge >= 0.3 is 5.63 Å². The Kier molecular flexibility index (Phi) is 4.51. The molecule has 0 amide bonds. The van der Waals surface area contributed by atoms with Gasteiger partial charge in [0.15, 0.2) is 0 Å². The number of hydrogen-bond acceptors (Lipinski definition) is 3. The fourth-order valence-corrected chi connectivity index (χ4v) is 3.32. The lowest BCUT2D eigenvalue weighted by Gasteiger charge is -2.13. The van der Waals surface area contributed by atoms with E-state index in [1.165, 1.54) is 5.56 Å². The van der Waals surface area contributed by atoms with Crippen LogP contribution in [0.5, 0.6) is 5.75 Å². The van der Waals surface area contributed by atoms with Crippen LogP contribution in [0.15, 0.2) is 82.0 Å². The molecule has 0 aliphatic carbocycles. The lowest BCUT2D eigenvalue weighted by atomic mass is 10.0. The molecule has 4 rings (SSSR count). The summed E-state index contributed by atoms with van der Waals surface area (Å²) in [6, 6.07) is 23.5. The smallest absolute Gasteiger partial charge is 0.336 e. The van der Waals surface area contributed by atoms with Crippen LogP contribution < -0.4 is 10.4 Å². The number of rotatable bonds is 4. The van der Waals surface area contributed by atoms with Crippen LogP contribution in [0.3, 0.4) is 0 Å². The van der Waals surface area contributed by atoms with Crippen molar-refractivity contribution >= 4 is 11.0 Å². The topological polar surface area (TPSA) is 39.4 Å². The Balaban J connectivity index is 1.75. The third-order valence-electron chi connectivity index (χ3n) is 4.67. The van der Waals surface area contributed by atoms with Crippen LogP contribution >= 0.6 is 0 Å². The summed E-state index contributed by atoms with van der Waals surface area (Å²) in [5.74, 6) is 0.720. The minimum atomic E-state index is -0.361. The minimum Gasteiger partial charge on any atom is -0.488 e. The number of ether oxygens (including phenoxy) is 1. The third-order valence-corrected chi connectivity index (χ3v) is 4.67. The monoisotopic (exact) mass is 356 g/mol. The highest BCUT2D eigenvalue weighted by Crippen LogP contribution is 2.33. The molecule has 3 aromatic carbocycles. The van der Waals surface area contributed by atoms with Crippen LogP contribution in [0.4, 0.5) is 0 Å². The molecule has 134 valence electrons. The summed E-state index contributed by atoms with van der Waals surface area (Å²) < 4.78 is 11.5. The highest BCUT2D eigenvalue weighted by Gasteiger charge is 2.13. The first-order chi connectivity index (χ1) is 13.1. The van der Waals surface area contributed by atoms with E-state index in [2.05, 4.69) is 19.1 Å². The zero-order chi connectivity index (χ0) is 18.8. The van der Waals surface area contributed by atoms with Crippen molar-refractivity contribution in [2.45, 2.75) is 20.5 Å². The molecule has 0 N–H and O–H groups in total. The van der Waals surface area contributed by atoms with Crippen LogP contribution in [-0.4, -0.2) is 0 Å². The molecule has 3 heteroatoms. The van der Waals surface area contributed by atoms with Crippen molar-refractivity contribution in [3.8, 4) is 16.9 Å². The summed E-state index contributed by atoms with van der Waals surface area (Å²) >= 11 is 0. The van der Waals surface area contributed by atoms with Crippen molar-refractivity contribution in [3.63, 3.8) is 0 Å². The largest absolute Gasteiger partial charge is 0.488 e. The summed E-state index contributed by atoms with van der Waals surface area (Å²) in [4.78, 5) is 12.2. The molecule has 0 unspecified atom stereocenters. The number of fused-ring (bicyclic) bond motifs is 1. The van der Waals surface area contributed by atoms with Gasteiger partial charge in [-0.1, -0.05) is 60.2 Å². The second-order valence-electron chi connectivity index (χ2n) is 6.69. The molecule has 0 saturated carbocycles. The molecule has 0 atom stereocenters. The Morgan fingerprint density at radius 3 is 2.48 bits per heavy atom. The maximum absolute atomic E-state index is 12.2.